The first-order valence-electron chi connectivity index (χ1n) is 6.62. The summed E-state index contributed by atoms with van der Waals surface area (Å²) in [6.45, 7) is 7.27. The van der Waals surface area contributed by atoms with Gasteiger partial charge < -0.3 is 10.8 Å². The van der Waals surface area contributed by atoms with E-state index in [1.165, 1.54) is 31.3 Å². The van der Waals surface area contributed by atoms with Crippen molar-refractivity contribution in [2.75, 3.05) is 7.05 Å². The summed E-state index contributed by atoms with van der Waals surface area (Å²) < 4.78 is 13.8. The first kappa shape index (κ1) is 17.2. The number of carbonyl (C=O) groups excluding carboxylic acids is 1. The Labute approximate surface area is 142 Å². The predicted octanol–water partition coefficient (Wildman–Crippen LogP) is 3.08. The van der Waals surface area contributed by atoms with Crippen molar-refractivity contribution in [2.45, 2.75) is 0 Å². The van der Waals surface area contributed by atoms with Gasteiger partial charge in [0, 0.05) is 12.6 Å². The maximum Gasteiger partial charge on any atom is 0.261 e. The number of aromatic hydroxyl groups is 1. The number of guanidine groups is 1. The van der Waals surface area contributed by atoms with Gasteiger partial charge in [0.25, 0.3) is 5.91 Å². The van der Waals surface area contributed by atoms with Gasteiger partial charge in [-0.25, -0.2) is 9.24 Å². The molecular weight excluding hydrogens is 335 g/mol. The Hall–Kier alpha value is -3.11. The molecule has 122 valence electrons. The Kier molecular flexibility index (Phi) is 5.02. The molecular formula is C16H12ClFN4O2. The highest BCUT2D eigenvalue weighted by Gasteiger charge is 2.23. The third kappa shape index (κ3) is 3.14. The van der Waals surface area contributed by atoms with E-state index in [-0.39, 0.29) is 33.4 Å². The number of halogens is 2. The van der Waals surface area contributed by atoms with Gasteiger partial charge >= 0.3 is 0 Å². The molecule has 24 heavy (non-hydrogen) atoms. The van der Waals surface area contributed by atoms with Gasteiger partial charge in [-0.1, -0.05) is 29.8 Å². The maximum absolute atomic E-state index is 13.8. The number of hydrogen-bond donors (Lipinski definition) is 3. The molecule has 1 amide bonds. The molecule has 0 saturated carbocycles. The van der Waals surface area contributed by atoms with E-state index >= 15 is 0 Å². The Morgan fingerprint density at radius 3 is 2.75 bits per heavy atom. The number of hydrogen-bond acceptors (Lipinski definition) is 3. The van der Waals surface area contributed by atoms with Gasteiger partial charge in [0.05, 0.1) is 17.2 Å². The smallest absolute Gasteiger partial charge is 0.261 e. The number of amides is 1. The van der Waals surface area contributed by atoms with Gasteiger partial charge in [-0.3, -0.25) is 15.1 Å². The normalized spacial score (nSPS) is 11.0. The summed E-state index contributed by atoms with van der Waals surface area (Å²) in [4.78, 5) is 19.3. The third-order valence-corrected chi connectivity index (χ3v) is 3.60. The number of aliphatic imine (C=N–C) groups is 1. The fraction of sp³-hybridized carbons (Fsp3) is 0.0625. The Balaban J connectivity index is 2.79. The molecule has 0 aromatic heterocycles. The van der Waals surface area contributed by atoms with E-state index in [0.29, 0.717) is 0 Å². The monoisotopic (exact) mass is 346 g/mol. The number of rotatable bonds is 2. The van der Waals surface area contributed by atoms with Crippen LogP contribution < -0.4 is 11.1 Å². The van der Waals surface area contributed by atoms with Crippen LogP contribution >= 0.6 is 11.6 Å². The molecule has 0 aliphatic carbocycles. The lowest BCUT2D eigenvalue weighted by molar-refractivity contribution is 0.0974. The highest BCUT2D eigenvalue weighted by molar-refractivity contribution is 6.34. The number of carbonyl (C=O) groups is 1. The molecule has 0 atom stereocenters. The molecule has 2 aromatic carbocycles. The maximum atomic E-state index is 13.8. The van der Waals surface area contributed by atoms with Crippen molar-refractivity contribution in [3.8, 4) is 16.9 Å². The Morgan fingerprint density at radius 1 is 1.42 bits per heavy atom. The SMILES string of the molecule is [C-]#[N+]c1ccc(O)c(C(=O)NC(N)=NC)c1-c1cccc(F)c1Cl. The van der Waals surface area contributed by atoms with Crippen LogP contribution in [0.15, 0.2) is 35.3 Å². The molecule has 0 aliphatic heterocycles. The Morgan fingerprint density at radius 2 is 2.12 bits per heavy atom. The quantitative estimate of drug-likeness (QED) is 0.443. The van der Waals surface area contributed by atoms with Crippen molar-refractivity contribution in [2.24, 2.45) is 10.7 Å². The van der Waals surface area contributed by atoms with Gasteiger partial charge in [0.1, 0.15) is 11.6 Å². The van der Waals surface area contributed by atoms with Gasteiger partial charge in [-0.15, -0.1) is 0 Å². The van der Waals surface area contributed by atoms with Gasteiger partial charge in [-0.05, 0) is 17.7 Å². The highest BCUT2D eigenvalue weighted by atomic mass is 35.5. The molecule has 6 nitrogen and oxygen atoms in total. The molecule has 0 radical (unpaired) electrons. The van der Waals surface area contributed by atoms with Gasteiger partial charge in [-0.2, -0.15) is 0 Å². The zero-order valence-corrected chi connectivity index (χ0v) is 13.2. The summed E-state index contributed by atoms with van der Waals surface area (Å²) in [5.74, 6) is -2.09. The van der Waals surface area contributed by atoms with Crippen LogP contribution in [0.3, 0.4) is 0 Å². The van der Waals surface area contributed by atoms with E-state index in [2.05, 4.69) is 15.2 Å². The Bertz CT molecular complexity index is 890. The van der Waals surface area contributed by atoms with E-state index in [0.717, 1.165) is 6.07 Å². The standard InChI is InChI=1S/C16H12ClFN4O2/c1-20-10-6-7-11(23)13(15(24)22-16(19)21-2)12(10)8-4-3-5-9(18)14(8)17/h3-7,23H,2H3,(H3,19,21,22,24). The molecule has 0 fully saturated rings. The van der Waals surface area contributed by atoms with Crippen molar-refractivity contribution in [3.63, 3.8) is 0 Å². The summed E-state index contributed by atoms with van der Waals surface area (Å²) >= 11 is 5.98. The third-order valence-electron chi connectivity index (χ3n) is 3.21. The van der Waals surface area contributed by atoms with Crippen LogP contribution in [0.4, 0.5) is 10.1 Å². The van der Waals surface area contributed by atoms with Crippen LogP contribution in [-0.4, -0.2) is 24.0 Å². The van der Waals surface area contributed by atoms with Crippen LogP contribution in [-0.2, 0) is 0 Å². The van der Waals surface area contributed by atoms with Gasteiger partial charge in [0.2, 0.25) is 0 Å². The number of benzene rings is 2. The molecule has 8 heteroatoms. The first-order valence-corrected chi connectivity index (χ1v) is 7.00. The zero-order valence-electron chi connectivity index (χ0n) is 12.5. The van der Waals surface area contributed by atoms with Gasteiger partial charge in [0.15, 0.2) is 11.6 Å². The van der Waals surface area contributed by atoms with E-state index in [1.807, 2.05) is 0 Å². The molecule has 0 unspecified atom stereocenters. The summed E-state index contributed by atoms with van der Waals surface area (Å²) in [5, 5.41) is 12.1. The van der Waals surface area contributed by atoms with Crippen molar-refractivity contribution in [1.82, 2.24) is 5.32 Å². The van der Waals surface area contributed by atoms with Crippen LogP contribution in [0.25, 0.3) is 16.0 Å². The lowest BCUT2D eigenvalue weighted by atomic mass is 9.96. The topological polar surface area (TPSA) is 92.1 Å². The molecule has 2 rings (SSSR count). The van der Waals surface area contributed by atoms with E-state index in [1.54, 1.807) is 0 Å². The molecule has 0 aliphatic rings. The first-order chi connectivity index (χ1) is 11.4. The second-order valence-electron chi connectivity index (χ2n) is 4.63. The number of phenols is 1. The van der Waals surface area contributed by atoms with Crippen molar-refractivity contribution in [3.05, 3.63) is 58.2 Å². The number of nitrogens with one attached hydrogen (secondary N) is 1. The second-order valence-corrected chi connectivity index (χ2v) is 5.01. The second kappa shape index (κ2) is 6.98. The summed E-state index contributed by atoms with van der Waals surface area (Å²) in [7, 11) is 1.37. The largest absolute Gasteiger partial charge is 0.507 e. The zero-order chi connectivity index (χ0) is 17.9. The fourth-order valence-corrected chi connectivity index (χ4v) is 2.33. The van der Waals surface area contributed by atoms with Crippen LogP contribution in [0.2, 0.25) is 5.02 Å². The number of nitrogens with two attached hydrogens (primary N) is 1. The molecule has 0 heterocycles. The number of nitrogens with zero attached hydrogens (tertiary/aromatic N) is 2. The predicted molar refractivity (Wildman–Crippen MR) is 89.8 cm³/mol. The lowest BCUT2D eigenvalue weighted by Crippen LogP contribution is -2.36. The van der Waals surface area contributed by atoms with Crippen molar-refractivity contribution in [1.29, 1.82) is 0 Å². The van der Waals surface area contributed by atoms with E-state index in [4.69, 9.17) is 23.9 Å². The van der Waals surface area contributed by atoms with Crippen molar-refractivity contribution >= 4 is 29.2 Å². The average Bonchev–Trinajstić information content (AvgIpc) is 2.56. The molecule has 4 N–H and O–H groups in total. The van der Waals surface area contributed by atoms with Crippen LogP contribution in [0.1, 0.15) is 10.4 Å². The van der Waals surface area contributed by atoms with Crippen molar-refractivity contribution < 1.29 is 14.3 Å². The van der Waals surface area contributed by atoms with E-state index < -0.39 is 17.5 Å². The minimum absolute atomic E-state index is 0.0101. The molecule has 0 spiro atoms. The minimum Gasteiger partial charge on any atom is -0.507 e. The minimum atomic E-state index is -0.795. The van der Waals surface area contributed by atoms with Crippen LogP contribution in [0.5, 0.6) is 5.75 Å². The average molecular weight is 347 g/mol. The fourth-order valence-electron chi connectivity index (χ4n) is 2.11. The van der Waals surface area contributed by atoms with Crippen LogP contribution in [0, 0.1) is 12.4 Å². The molecule has 0 bridgehead atoms. The molecule has 2 aromatic rings. The summed E-state index contributed by atoms with van der Waals surface area (Å²) in [5.41, 5.74) is 5.36. The highest BCUT2D eigenvalue weighted by Crippen LogP contribution is 2.42. The molecule has 0 saturated heterocycles. The number of phenolic OH excluding ortho intramolecular Hbond substituents is 1. The lowest BCUT2D eigenvalue weighted by Gasteiger charge is -2.15. The summed E-state index contributed by atoms with van der Waals surface area (Å²) in [6.07, 6.45) is 0. The van der Waals surface area contributed by atoms with E-state index in [9.17, 15) is 14.3 Å². The summed E-state index contributed by atoms with van der Waals surface area (Å²) in [6, 6.07) is 6.49.